The molecule has 0 spiro atoms. The summed E-state index contributed by atoms with van der Waals surface area (Å²) in [7, 11) is 0. The van der Waals surface area contributed by atoms with Crippen molar-refractivity contribution in [3.63, 3.8) is 0 Å². The highest BCUT2D eigenvalue weighted by Gasteiger charge is 2.41. The Hall–Kier alpha value is -0.0500. The van der Waals surface area contributed by atoms with Gasteiger partial charge in [-0.25, -0.2) is 0 Å². The number of hydrogen-bond donors (Lipinski definition) is 0. The number of fused-ring (bicyclic) bond motifs is 3. The fourth-order valence-electron chi connectivity index (χ4n) is 3.49. The Morgan fingerprint density at radius 2 is 1.47 bits per heavy atom. The van der Waals surface area contributed by atoms with Gasteiger partial charge >= 0.3 is 0 Å². The Morgan fingerprint density at radius 3 is 2.00 bits per heavy atom. The van der Waals surface area contributed by atoms with E-state index in [1.165, 1.54) is 42.1 Å². The van der Waals surface area contributed by atoms with Crippen molar-refractivity contribution in [2.24, 2.45) is 5.92 Å². The van der Waals surface area contributed by atoms with Crippen LogP contribution in [-0.4, -0.2) is 0 Å². The minimum absolute atomic E-state index is 0.569. The molecule has 80 valence electrons. The summed E-state index contributed by atoms with van der Waals surface area (Å²) in [5.41, 5.74) is 2.18. The zero-order chi connectivity index (χ0) is 10.3. The summed E-state index contributed by atoms with van der Waals surface area (Å²) in [4.78, 5) is 0. The van der Waals surface area contributed by atoms with E-state index in [4.69, 9.17) is 0 Å². The monoisotopic (exact) mass is 312 g/mol. The van der Waals surface area contributed by atoms with Crippen molar-refractivity contribution in [2.75, 3.05) is 0 Å². The SMILES string of the molecule is Ic1ccc(C23CCC(CC2)CC3)cc1. The van der Waals surface area contributed by atoms with Crippen molar-refractivity contribution < 1.29 is 0 Å². The zero-order valence-corrected chi connectivity index (χ0v) is 11.2. The first-order chi connectivity index (χ1) is 7.28. The van der Waals surface area contributed by atoms with Crippen LogP contribution in [0.4, 0.5) is 0 Å². The Morgan fingerprint density at radius 1 is 0.933 bits per heavy atom. The average molecular weight is 312 g/mol. The number of rotatable bonds is 1. The number of hydrogen-bond acceptors (Lipinski definition) is 0. The molecule has 3 aliphatic rings. The summed E-state index contributed by atoms with van der Waals surface area (Å²) in [6.07, 6.45) is 8.76. The van der Waals surface area contributed by atoms with Crippen molar-refractivity contribution >= 4 is 22.6 Å². The van der Waals surface area contributed by atoms with E-state index in [9.17, 15) is 0 Å². The van der Waals surface area contributed by atoms with Gasteiger partial charge in [-0.2, -0.15) is 0 Å². The van der Waals surface area contributed by atoms with Crippen LogP contribution in [0, 0.1) is 9.49 Å². The van der Waals surface area contributed by atoms with Crippen LogP contribution in [0.25, 0.3) is 0 Å². The van der Waals surface area contributed by atoms with Gasteiger partial charge in [-0.3, -0.25) is 0 Å². The van der Waals surface area contributed by atoms with E-state index < -0.39 is 0 Å². The maximum Gasteiger partial charge on any atom is 0.0130 e. The Bertz CT molecular complexity index is 330. The minimum Gasteiger partial charge on any atom is -0.0574 e. The molecule has 0 N–H and O–H groups in total. The normalized spacial score (nSPS) is 34.3. The highest BCUT2D eigenvalue weighted by Crippen LogP contribution is 2.51. The fraction of sp³-hybridized carbons (Fsp3) is 0.571. The molecule has 15 heavy (non-hydrogen) atoms. The zero-order valence-electron chi connectivity index (χ0n) is 9.01. The van der Waals surface area contributed by atoms with E-state index >= 15 is 0 Å². The molecule has 1 aromatic rings. The van der Waals surface area contributed by atoms with E-state index in [0.717, 1.165) is 5.92 Å². The van der Waals surface area contributed by atoms with E-state index in [-0.39, 0.29) is 0 Å². The maximum absolute atomic E-state index is 2.39. The standard InChI is InChI=1S/C14H17I/c15-13-3-1-12(2-4-13)14-8-5-11(6-9-14)7-10-14/h1-4,11H,5-10H2. The molecule has 3 aliphatic carbocycles. The third kappa shape index (κ3) is 1.73. The molecule has 0 saturated heterocycles. The van der Waals surface area contributed by atoms with Gasteiger partial charge in [0.15, 0.2) is 0 Å². The summed E-state index contributed by atoms with van der Waals surface area (Å²) in [5.74, 6) is 1.07. The van der Waals surface area contributed by atoms with E-state index in [2.05, 4.69) is 46.9 Å². The van der Waals surface area contributed by atoms with Gasteiger partial charge in [0.1, 0.15) is 0 Å². The highest BCUT2D eigenvalue weighted by atomic mass is 127. The van der Waals surface area contributed by atoms with Crippen LogP contribution in [0.15, 0.2) is 24.3 Å². The molecule has 0 nitrogen and oxygen atoms in total. The molecular weight excluding hydrogens is 295 g/mol. The van der Waals surface area contributed by atoms with E-state index in [1.807, 2.05) is 0 Å². The number of halogens is 1. The van der Waals surface area contributed by atoms with Gasteiger partial charge < -0.3 is 0 Å². The summed E-state index contributed by atoms with van der Waals surface area (Å²) in [6, 6.07) is 9.28. The molecule has 0 amide bonds. The van der Waals surface area contributed by atoms with Gasteiger partial charge in [0, 0.05) is 3.57 Å². The second kappa shape index (κ2) is 3.76. The predicted molar refractivity (Wildman–Crippen MR) is 72.0 cm³/mol. The van der Waals surface area contributed by atoms with Gasteiger partial charge in [0.05, 0.1) is 0 Å². The number of benzene rings is 1. The van der Waals surface area contributed by atoms with Gasteiger partial charge in [-0.05, 0) is 90.1 Å². The molecule has 1 aromatic carbocycles. The second-order valence-electron chi connectivity index (χ2n) is 5.27. The van der Waals surface area contributed by atoms with Crippen LogP contribution in [0.1, 0.15) is 44.1 Å². The Balaban J connectivity index is 1.94. The van der Waals surface area contributed by atoms with Gasteiger partial charge in [-0.1, -0.05) is 12.1 Å². The highest BCUT2D eigenvalue weighted by molar-refractivity contribution is 14.1. The van der Waals surface area contributed by atoms with Gasteiger partial charge in [-0.15, -0.1) is 0 Å². The summed E-state index contributed by atoms with van der Waals surface area (Å²) >= 11 is 2.39. The van der Waals surface area contributed by atoms with Crippen molar-refractivity contribution in [2.45, 2.75) is 43.9 Å². The third-order valence-corrected chi connectivity index (χ3v) is 5.27. The second-order valence-corrected chi connectivity index (χ2v) is 6.51. The molecule has 0 aromatic heterocycles. The van der Waals surface area contributed by atoms with Crippen LogP contribution in [-0.2, 0) is 5.41 Å². The fourth-order valence-corrected chi connectivity index (χ4v) is 3.85. The van der Waals surface area contributed by atoms with Crippen molar-refractivity contribution in [3.05, 3.63) is 33.4 Å². The van der Waals surface area contributed by atoms with Crippen LogP contribution in [0.3, 0.4) is 0 Å². The van der Waals surface area contributed by atoms with Crippen LogP contribution in [0.5, 0.6) is 0 Å². The first-order valence-electron chi connectivity index (χ1n) is 6.05. The molecule has 0 heterocycles. The third-order valence-electron chi connectivity index (χ3n) is 4.55. The maximum atomic E-state index is 2.39. The van der Waals surface area contributed by atoms with E-state index in [0.29, 0.717) is 5.41 Å². The van der Waals surface area contributed by atoms with Crippen LogP contribution < -0.4 is 0 Å². The molecular formula is C14H17I. The first-order valence-corrected chi connectivity index (χ1v) is 7.12. The van der Waals surface area contributed by atoms with Gasteiger partial charge in [0.2, 0.25) is 0 Å². The first kappa shape index (κ1) is 10.1. The Kier molecular flexibility index (Phi) is 2.54. The molecule has 1 heteroatoms. The summed E-state index contributed by atoms with van der Waals surface area (Å²) in [5, 5.41) is 0. The smallest absolute Gasteiger partial charge is 0.0130 e. The lowest BCUT2D eigenvalue weighted by Gasteiger charge is -2.47. The Labute approximate surface area is 106 Å². The minimum atomic E-state index is 0.569. The molecule has 0 aliphatic heterocycles. The molecule has 2 bridgehead atoms. The van der Waals surface area contributed by atoms with Crippen molar-refractivity contribution in [3.8, 4) is 0 Å². The van der Waals surface area contributed by atoms with Crippen LogP contribution in [0.2, 0.25) is 0 Å². The van der Waals surface area contributed by atoms with Crippen molar-refractivity contribution in [1.29, 1.82) is 0 Å². The average Bonchev–Trinajstić information content (AvgIpc) is 2.32. The lowest BCUT2D eigenvalue weighted by atomic mass is 9.58. The topological polar surface area (TPSA) is 0 Å². The van der Waals surface area contributed by atoms with Gasteiger partial charge in [0.25, 0.3) is 0 Å². The largest absolute Gasteiger partial charge is 0.0574 e. The lowest BCUT2D eigenvalue weighted by molar-refractivity contribution is 0.136. The lowest BCUT2D eigenvalue weighted by Crippen LogP contribution is -2.37. The molecule has 3 saturated carbocycles. The quantitative estimate of drug-likeness (QED) is 0.669. The van der Waals surface area contributed by atoms with E-state index in [1.54, 1.807) is 5.56 Å². The predicted octanol–water partition coefficient (Wildman–Crippen LogP) is 4.51. The molecule has 3 fully saturated rings. The molecule has 0 unspecified atom stereocenters. The summed E-state index contributed by atoms with van der Waals surface area (Å²) < 4.78 is 1.36. The van der Waals surface area contributed by atoms with Crippen LogP contribution >= 0.6 is 22.6 Å². The van der Waals surface area contributed by atoms with Crippen molar-refractivity contribution in [1.82, 2.24) is 0 Å². The molecule has 0 radical (unpaired) electrons. The summed E-state index contributed by atoms with van der Waals surface area (Å²) in [6.45, 7) is 0. The molecule has 4 rings (SSSR count). The molecule has 0 atom stereocenters.